The second kappa shape index (κ2) is 8.92. The third kappa shape index (κ3) is 6.08. The van der Waals surface area contributed by atoms with E-state index in [1.165, 1.54) is 4.90 Å². The van der Waals surface area contributed by atoms with Gasteiger partial charge in [-0.3, -0.25) is 9.59 Å². The van der Waals surface area contributed by atoms with E-state index in [0.717, 1.165) is 5.56 Å². The lowest BCUT2D eigenvalue weighted by atomic mass is 10.1. The maximum atomic E-state index is 13.1. The van der Waals surface area contributed by atoms with Crippen LogP contribution in [0, 0.1) is 0 Å². The molecule has 0 aromatic heterocycles. The van der Waals surface area contributed by atoms with Crippen LogP contribution in [0.25, 0.3) is 0 Å². The standard InChI is InChI=1S/C23H38N2O5Si/c1-22(2,3)29-19(26)13-12-17(20(24)27)25-14-16-15(21(25)28)10-9-11-18(16)30-31(7,8)23(4,5)6/h9-11,17,20,27H,12-14,24H2,1-8H3/t17-,20?/m0/s1. The van der Waals surface area contributed by atoms with E-state index in [4.69, 9.17) is 14.9 Å². The molecule has 1 amide bonds. The maximum absolute atomic E-state index is 13.1. The van der Waals surface area contributed by atoms with Crippen LogP contribution in [-0.2, 0) is 16.1 Å². The van der Waals surface area contributed by atoms with Crippen molar-refractivity contribution < 1.29 is 23.9 Å². The number of esters is 1. The fourth-order valence-corrected chi connectivity index (χ4v) is 4.33. The van der Waals surface area contributed by atoms with Crippen molar-refractivity contribution >= 4 is 20.2 Å². The molecule has 0 aliphatic carbocycles. The van der Waals surface area contributed by atoms with Gasteiger partial charge in [0.05, 0.1) is 12.6 Å². The highest BCUT2D eigenvalue weighted by Crippen LogP contribution is 2.40. The van der Waals surface area contributed by atoms with E-state index >= 15 is 0 Å². The number of hydrogen-bond donors (Lipinski definition) is 2. The molecule has 174 valence electrons. The minimum Gasteiger partial charge on any atom is -0.543 e. The molecule has 1 aromatic rings. The number of amides is 1. The molecule has 1 aromatic carbocycles. The molecule has 0 bridgehead atoms. The van der Waals surface area contributed by atoms with E-state index in [9.17, 15) is 14.7 Å². The number of aliphatic hydroxyl groups is 1. The van der Waals surface area contributed by atoms with Gasteiger partial charge in [-0.2, -0.15) is 0 Å². The van der Waals surface area contributed by atoms with Crippen molar-refractivity contribution in [3.05, 3.63) is 29.3 Å². The number of fused-ring (bicyclic) bond motifs is 1. The Kier molecular flexibility index (Phi) is 7.29. The minimum atomic E-state index is -2.10. The zero-order valence-electron chi connectivity index (χ0n) is 20.1. The summed E-state index contributed by atoms with van der Waals surface area (Å²) in [5, 5.41) is 10.2. The zero-order chi connectivity index (χ0) is 23.8. The van der Waals surface area contributed by atoms with Crippen molar-refractivity contribution in [2.75, 3.05) is 0 Å². The second-order valence-electron chi connectivity index (χ2n) is 10.8. The molecule has 8 heteroatoms. The van der Waals surface area contributed by atoms with Crippen LogP contribution in [-0.4, -0.2) is 48.1 Å². The van der Waals surface area contributed by atoms with Crippen LogP contribution >= 0.6 is 0 Å². The van der Waals surface area contributed by atoms with Gasteiger partial charge >= 0.3 is 5.97 Å². The van der Waals surface area contributed by atoms with Crippen LogP contribution in [0.1, 0.15) is 70.3 Å². The molecule has 0 saturated heterocycles. The molecule has 1 aliphatic heterocycles. The average molecular weight is 451 g/mol. The van der Waals surface area contributed by atoms with E-state index < -0.39 is 26.2 Å². The molecule has 0 spiro atoms. The number of aliphatic hydroxyl groups excluding tert-OH is 1. The summed E-state index contributed by atoms with van der Waals surface area (Å²) < 4.78 is 11.8. The average Bonchev–Trinajstić information content (AvgIpc) is 2.90. The summed E-state index contributed by atoms with van der Waals surface area (Å²) in [6.07, 6.45) is -1.00. The highest BCUT2D eigenvalue weighted by Gasteiger charge is 2.42. The first-order valence-corrected chi connectivity index (χ1v) is 13.7. The van der Waals surface area contributed by atoms with Crippen LogP contribution < -0.4 is 10.2 Å². The van der Waals surface area contributed by atoms with Gasteiger partial charge in [-0.05, 0) is 57.5 Å². The molecule has 0 radical (unpaired) electrons. The molecule has 7 nitrogen and oxygen atoms in total. The monoisotopic (exact) mass is 450 g/mol. The quantitative estimate of drug-likeness (QED) is 0.372. The summed E-state index contributed by atoms with van der Waals surface area (Å²) >= 11 is 0. The Morgan fingerprint density at radius 3 is 2.35 bits per heavy atom. The first-order chi connectivity index (χ1) is 14.0. The summed E-state index contributed by atoms with van der Waals surface area (Å²) in [5.74, 6) is 0.107. The van der Waals surface area contributed by atoms with Gasteiger partial charge in [-0.15, -0.1) is 0 Å². The third-order valence-electron chi connectivity index (χ3n) is 5.98. The van der Waals surface area contributed by atoms with Crippen molar-refractivity contribution in [1.82, 2.24) is 4.90 Å². The van der Waals surface area contributed by atoms with Gasteiger partial charge in [-0.1, -0.05) is 26.8 Å². The Morgan fingerprint density at radius 1 is 1.23 bits per heavy atom. The van der Waals surface area contributed by atoms with E-state index in [1.54, 1.807) is 26.8 Å². The van der Waals surface area contributed by atoms with Gasteiger partial charge in [0.25, 0.3) is 5.91 Å². The number of rotatable bonds is 7. The van der Waals surface area contributed by atoms with E-state index in [0.29, 0.717) is 11.3 Å². The molecular formula is C23H38N2O5Si. The topological polar surface area (TPSA) is 102 Å². The predicted molar refractivity (Wildman–Crippen MR) is 123 cm³/mol. The zero-order valence-corrected chi connectivity index (χ0v) is 21.1. The van der Waals surface area contributed by atoms with Gasteiger partial charge in [-0.25, -0.2) is 0 Å². The molecule has 2 rings (SSSR count). The molecule has 0 fully saturated rings. The lowest BCUT2D eigenvalue weighted by molar-refractivity contribution is -0.155. The fraction of sp³-hybridized carbons (Fsp3) is 0.652. The number of ether oxygens (including phenoxy) is 1. The summed E-state index contributed by atoms with van der Waals surface area (Å²) in [5.41, 5.74) is 6.58. The predicted octanol–water partition coefficient (Wildman–Crippen LogP) is 3.79. The van der Waals surface area contributed by atoms with E-state index in [1.807, 2.05) is 12.1 Å². The van der Waals surface area contributed by atoms with Crippen LogP contribution in [0.2, 0.25) is 18.1 Å². The highest BCUT2D eigenvalue weighted by molar-refractivity contribution is 6.74. The van der Waals surface area contributed by atoms with Gasteiger partial charge in [0.2, 0.25) is 8.32 Å². The van der Waals surface area contributed by atoms with Crippen molar-refractivity contribution in [2.45, 2.75) is 96.9 Å². The van der Waals surface area contributed by atoms with E-state index in [-0.39, 0.29) is 36.3 Å². The van der Waals surface area contributed by atoms with Crippen molar-refractivity contribution in [2.24, 2.45) is 5.73 Å². The van der Waals surface area contributed by atoms with Crippen molar-refractivity contribution in [1.29, 1.82) is 0 Å². The first-order valence-electron chi connectivity index (χ1n) is 10.8. The second-order valence-corrected chi connectivity index (χ2v) is 15.5. The first kappa shape index (κ1) is 25.4. The highest BCUT2D eigenvalue weighted by atomic mass is 28.4. The van der Waals surface area contributed by atoms with E-state index in [2.05, 4.69) is 33.9 Å². The molecule has 31 heavy (non-hydrogen) atoms. The Bertz CT molecular complexity index is 824. The van der Waals surface area contributed by atoms with Crippen LogP contribution in [0.5, 0.6) is 5.75 Å². The third-order valence-corrected chi connectivity index (χ3v) is 10.3. The lowest BCUT2D eigenvalue weighted by Crippen LogP contribution is -2.48. The van der Waals surface area contributed by atoms with Gasteiger partial charge < -0.3 is 24.9 Å². The molecule has 1 unspecified atom stereocenters. The summed E-state index contributed by atoms with van der Waals surface area (Å²) in [7, 11) is -2.10. The molecule has 2 atom stereocenters. The molecule has 0 saturated carbocycles. The van der Waals surface area contributed by atoms with Gasteiger partial charge in [0.15, 0.2) is 0 Å². The summed E-state index contributed by atoms with van der Waals surface area (Å²) in [6, 6.07) is 4.78. The fourth-order valence-electron chi connectivity index (χ4n) is 3.29. The molecular weight excluding hydrogens is 412 g/mol. The number of nitrogens with two attached hydrogens (primary N) is 1. The Hall–Kier alpha value is -1.90. The number of nitrogens with zero attached hydrogens (tertiary/aromatic N) is 1. The minimum absolute atomic E-state index is 0.0153. The smallest absolute Gasteiger partial charge is 0.306 e. The maximum Gasteiger partial charge on any atom is 0.306 e. The van der Waals surface area contributed by atoms with Crippen LogP contribution in [0.15, 0.2) is 18.2 Å². The van der Waals surface area contributed by atoms with Crippen molar-refractivity contribution in [3.63, 3.8) is 0 Å². The van der Waals surface area contributed by atoms with Gasteiger partial charge in [0.1, 0.15) is 17.6 Å². The Morgan fingerprint density at radius 2 is 1.84 bits per heavy atom. The number of carbonyl (C=O) groups is 2. The summed E-state index contributed by atoms with van der Waals surface area (Å²) in [6.45, 7) is 16.5. The lowest BCUT2D eigenvalue weighted by Gasteiger charge is -2.37. The normalized spacial score (nSPS) is 16.7. The summed E-state index contributed by atoms with van der Waals surface area (Å²) in [4.78, 5) is 26.8. The van der Waals surface area contributed by atoms with Crippen molar-refractivity contribution in [3.8, 4) is 5.75 Å². The van der Waals surface area contributed by atoms with Crippen LogP contribution in [0.4, 0.5) is 0 Å². The Labute approximate surface area is 187 Å². The number of benzene rings is 1. The van der Waals surface area contributed by atoms with Gasteiger partial charge in [0, 0.05) is 17.5 Å². The Balaban J connectivity index is 2.23. The number of hydrogen-bond acceptors (Lipinski definition) is 6. The largest absolute Gasteiger partial charge is 0.543 e. The number of carbonyl (C=O) groups excluding carboxylic acids is 2. The SMILES string of the molecule is CC(C)(C)OC(=O)CC[C@@H](C(N)O)N1Cc2c(O[Si](C)(C)C(C)(C)C)cccc2C1=O. The molecule has 3 N–H and O–H groups in total. The molecule has 1 aliphatic rings. The molecule has 1 heterocycles. The van der Waals surface area contributed by atoms with Crippen LogP contribution in [0.3, 0.4) is 0 Å².